The van der Waals surface area contributed by atoms with E-state index in [1.165, 1.54) is 28.3 Å². The van der Waals surface area contributed by atoms with Gasteiger partial charge in [-0.05, 0) is 0 Å². The number of rotatable bonds is 5. The van der Waals surface area contributed by atoms with Crippen LogP contribution in [0.2, 0.25) is 0 Å². The van der Waals surface area contributed by atoms with Gasteiger partial charge in [0.05, 0.1) is 0 Å². The van der Waals surface area contributed by atoms with Crippen molar-refractivity contribution in [2.45, 2.75) is 46.5 Å². The molecule has 34 heavy (non-hydrogen) atoms. The summed E-state index contributed by atoms with van der Waals surface area (Å²) < 4.78 is 11.2. The fourth-order valence-electron chi connectivity index (χ4n) is 5.02. The van der Waals surface area contributed by atoms with Crippen molar-refractivity contribution in [2.75, 3.05) is 0 Å². The monoisotopic (exact) mass is 530 g/mol. The Kier molecular flexibility index (Phi) is 8.66. The Morgan fingerprint density at radius 2 is 1.32 bits per heavy atom. The number of benzene rings is 3. The number of allylic oxidation sites excluding steroid dienone is 4. The van der Waals surface area contributed by atoms with Gasteiger partial charge in [0.2, 0.25) is 0 Å². The van der Waals surface area contributed by atoms with E-state index in [2.05, 4.69) is 126 Å². The summed E-state index contributed by atoms with van der Waals surface area (Å²) in [5, 5.41) is 0. The Morgan fingerprint density at radius 1 is 0.794 bits per heavy atom. The molecule has 0 aliphatic heterocycles. The summed E-state index contributed by atoms with van der Waals surface area (Å²) in [5.41, 5.74) is 3.82. The van der Waals surface area contributed by atoms with Gasteiger partial charge < -0.3 is 0 Å². The van der Waals surface area contributed by atoms with Crippen molar-refractivity contribution in [3.63, 3.8) is 0 Å². The van der Waals surface area contributed by atoms with Crippen LogP contribution in [0, 0.1) is 6.92 Å². The van der Waals surface area contributed by atoms with E-state index in [1.807, 2.05) is 0 Å². The van der Waals surface area contributed by atoms with E-state index < -0.39 is 15.2 Å². The van der Waals surface area contributed by atoms with E-state index in [4.69, 9.17) is 8.14 Å². The average Bonchev–Trinajstić information content (AvgIpc) is 3.21. The molecule has 1 aliphatic carbocycles. The third-order valence-electron chi connectivity index (χ3n) is 6.83. The molecule has 4 rings (SSSR count). The second-order valence-electron chi connectivity index (χ2n) is 10.2. The van der Waals surface area contributed by atoms with Gasteiger partial charge in [-0.15, -0.1) is 24.8 Å². The first-order valence-electron chi connectivity index (χ1n) is 11.4. The molecule has 3 aromatic carbocycles. The molecule has 0 unspecified atom stereocenters. The van der Waals surface area contributed by atoms with Crippen LogP contribution < -0.4 is 11.1 Å². The normalized spacial score (nSPS) is 13.8. The molecule has 0 saturated carbocycles. The van der Waals surface area contributed by atoms with Crippen molar-refractivity contribution in [3.8, 4) is 5.75 Å². The summed E-state index contributed by atoms with van der Waals surface area (Å²) in [6.07, 6.45) is 5.37. The van der Waals surface area contributed by atoms with Gasteiger partial charge in [-0.2, -0.15) is 0 Å². The first-order valence-corrected chi connectivity index (χ1v) is 15.5. The minimum atomic E-state index is -4.43. The first-order chi connectivity index (χ1) is 15.1. The van der Waals surface area contributed by atoms with Crippen LogP contribution in [0.5, 0.6) is 5.75 Å². The van der Waals surface area contributed by atoms with Crippen molar-refractivity contribution in [3.05, 3.63) is 112 Å². The molecule has 4 heteroatoms. The fourth-order valence-corrected chi connectivity index (χ4v) is 13.3. The van der Waals surface area contributed by atoms with Crippen LogP contribution in [0.15, 0.2) is 100 Å². The average molecular weight is 531 g/mol. The molecule has 1 aliphatic rings. The van der Waals surface area contributed by atoms with E-state index >= 15 is 0 Å². The summed E-state index contributed by atoms with van der Waals surface area (Å²) in [7, 11) is 0. The molecule has 0 spiro atoms. The Bertz CT molecular complexity index is 1220. The molecule has 0 heterocycles. The fraction of sp³-hybridized carbons (Fsp3) is 0.233. The van der Waals surface area contributed by atoms with Crippen LogP contribution >= 0.6 is 24.8 Å². The molecule has 0 saturated heterocycles. The zero-order chi connectivity index (χ0) is 23.0. The van der Waals surface area contributed by atoms with Crippen molar-refractivity contribution in [2.24, 2.45) is 0 Å². The van der Waals surface area contributed by atoms with E-state index in [9.17, 15) is 0 Å². The van der Waals surface area contributed by atoms with E-state index in [-0.39, 0.29) is 30.2 Å². The molecule has 0 aromatic heterocycles. The first kappa shape index (κ1) is 28.3. The van der Waals surface area contributed by atoms with E-state index in [0.717, 1.165) is 12.2 Å². The van der Waals surface area contributed by atoms with Crippen molar-refractivity contribution >= 4 is 37.4 Å². The standard InChI is InChI=1S/C11H16O.C6H7.2C6H5.CH2.2ClH.Ti/c1-8-5-9(11(2,3)4)7-10(12)6-8;1-6-4-2-3-5-6;2*1-2-4-6-5-3-1;;;;/h5-7,12H,1-4H3;2,4H,3H2,1H3;2*1-5H;1H2;2*1H;/q;;;;;;;+1/p-1. The van der Waals surface area contributed by atoms with Crippen LogP contribution in [-0.2, 0) is 20.6 Å². The second kappa shape index (κ2) is 10.4. The van der Waals surface area contributed by atoms with Gasteiger partial charge in [0.1, 0.15) is 0 Å². The van der Waals surface area contributed by atoms with Gasteiger partial charge >= 0.3 is 195 Å². The second-order valence-corrected chi connectivity index (χ2v) is 17.5. The van der Waals surface area contributed by atoms with Gasteiger partial charge in [-0.25, -0.2) is 0 Å². The summed E-state index contributed by atoms with van der Waals surface area (Å²) in [4.78, 5) is 5.16. The Labute approximate surface area is 218 Å². The maximum absolute atomic E-state index is 7.42. The SMILES string of the molecule is Cl.Cl.[CH2]=[Ti]([O]c1cc(C)cc(C(C)(C)C)c1)([C]1=C(C)C=CC1)([c]1ccccc1)[c]1ccccc1. The molecule has 0 bridgehead atoms. The van der Waals surface area contributed by atoms with Gasteiger partial charge in [0.25, 0.3) is 0 Å². The molecule has 0 amide bonds. The zero-order valence-corrected chi connectivity index (χ0v) is 24.0. The zero-order valence-electron chi connectivity index (χ0n) is 20.8. The molecular formula is C30H36Cl2OTi. The Hall–Kier alpha value is -1.90. The molecule has 180 valence electrons. The molecule has 0 atom stereocenters. The molecular weight excluding hydrogens is 495 g/mol. The Morgan fingerprint density at radius 3 is 1.76 bits per heavy atom. The van der Waals surface area contributed by atoms with Crippen LogP contribution in [0.3, 0.4) is 0 Å². The third kappa shape index (κ3) is 4.90. The minimum absolute atomic E-state index is 0. The molecule has 0 N–H and O–H groups in total. The van der Waals surface area contributed by atoms with Gasteiger partial charge in [-0.1, -0.05) is 0 Å². The number of hydrogen-bond acceptors (Lipinski definition) is 1. The van der Waals surface area contributed by atoms with Crippen LogP contribution in [0.4, 0.5) is 0 Å². The van der Waals surface area contributed by atoms with Crippen LogP contribution in [0.25, 0.3) is 0 Å². The van der Waals surface area contributed by atoms with Gasteiger partial charge in [-0.3, -0.25) is 0 Å². The third-order valence-corrected chi connectivity index (χ3v) is 15.7. The molecule has 0 fully saturated rings. The van der Waals surface area contributed by atoms with Gasteiger partial charge in [0.15, 0.2) is 0 Å². The quantitative estimate of drug-likeness (QED) is 0.311. The van der Waals surface area contributed by atoms with E-state index in [0.29, 0.717) is 0 Å². The van der Waals surface area contributed by atoms with Crippen LogP contribution in [0.1, 0.15) is 45.2 Å². The summed E-state index contributed by atoms with van der Waals surface area (Å²) in [6.45, 7) is 11.1. The van der Waals surface area contributed by atoms with Crippen molar-refractivity contribution in [1.29, 1.82) is 0 Å². The number of hydrogen-bond donors (Lipinski definition) is 0. The molecule has 3 aromatic rings. The predicted molar refractivity (Wildman–Crippen MR) is 151 cm³/mol. The van der Waals surface area contributed by atoms with Crippen molar-refractivity contribution in [1.82, 2.24) is 0 Å². The number of aryl methyl sites for hydroxylation is 1. The van der Waals surface area contributed by atoms with E-state index in [1.54, 1.807) is 0 Å². The molecule has 0 radical (unpaired) electrons. The summed E-state index contributed by atoms with van der Waals surface area (Å²) in [6, 6.07) is 28.2. The van der Waals surface area contributed by atoms with Crippen LogP contribution in [-0.4, -0.2) is 4.82 Å². The predicted octanol–water partition coefficient (Wildman–Crippen LogP) is 7.44. The molecule has 1 nitrogen and oxygen atoms in total. The van der Waals surface area contributed by atoms with Gasteiger partial charge in [0, 0.05) is 0 Å². The van der Waals surface area contributed by atoms with Crippen molar-refractivity contribution < 1.29 is 18.5 Å². The summed E-state index contributed by atoms with van der Waals surface area (Å²) >= 11 is -4.43. The topological polar surface area (TPSA) is 9.23 Å². The maximum atomic E-state index is 7.42. The Balaban J connectivity index is 0.00000204. The summed E-state index contributed by atoms with van der Waals surface area (Å²) in [5.74, 6) is 0.918. The number of halogens is 2.